The summed E-state index contributed by atoms with van der Waals surface area (Å²) in [6.45, 7) is 4.42. The van der Waals surface area contributed by atoms with Gasteiger partial charge in [-0.25, -0.2) is 0 Å². The fourth-order valence-corrected chi connectivity index (χ4v) is 3.04. The number of nitrogens with zero attached hydrogens (tertiary/aromatic N) is 1. The van der Waals surface area contributed by atoms with Crippen molar-refractivity contribution in [1.82, 2.24) is 4.90 Å². The third-order valence-corrected chi connectivity index (χ3v) is 4.60. The van der Waals surface area contributed by atoms with Gasteiger partial charge in [-0.2, -0.15) is 0 Å². The first-order valence-electron chi connectivity index (χ1n) is 8.04. The van der Waals surface area contributed by atoms with Gasteiger partial charge < -0.3 is 0 Å². The predicted octanol–water partition coefficient (Wildman–Crippen LogP) is 5.27. The minimum atomic E-state index is 0.0545. The fraction of sp³-hybridized carbons (Fsp3) is 0.333. The Kier molecular flexibility index (Phi) is 5.57. The van der Waals surface area contributed by atoms with Crippen molar-refractivity contribution in [2.24, 2.45) is 0 Å². The van der Waals surface area contributed by atoms with Crippen LogP contribution in [0, 0.1) is 6.92 Å². The summed E-state index contributed by atoms with van der Waals surface area (Å²) in [5.74, 6) is 0. The Labute approximate surface area is 135 Å². The highest BCUT2D eigenvalue weighted by Crippen LogP contribution is 2.34. The van der Waals surface area contributed by atoms with Crippen LogP contribution in [0.1, 0.15) is 36.5 Å². The largest absolute Gasteiger partial charge is 0.299 e. The van der Waals surface area contributed by atoms with Gasteiger partial charge in [-0.1, -0.05) is 79.2 Å². The first kappa shape index (κ1) is 16.5. The maximum Gasteiger partial charge on any atom is 0.0486 e. The molecule has 0 aliphatic rings. The zero-order valence-corrected chi connectivity index (χ0v) is 14.2. The minimum absolute atomic E-state index is 0.0545. The molecular weight excluding hydrogens is 266 g/mol. The quantitative estimate of drug-likeness (QED) is 0.701. The zero-order chi connectivity index (χ0) is 16.0. The molecule has 0 N–H and O–H groups in total. The molecule has 0 bridgehead atoms. The van der Waals surface area contributed by atoms with Crippen molar-refractivity contribution in [3.05, 3.63) is 77.4 Å². The Morgan fingerprint density at radius 1 is 0.955 bits per heavy atom. The molecule has 0 heterocycles. The smallest absolute Gasteiger partial charge is 0.0486 e. The van der Waals surface area contributed by atoms with Crippen LogP contribution in [0.25, 0.3) is 6.08 Å². The van der Waals surface area contributed by atoms with Crippen molar-refractivity contribution < 1.29 is 0 Å². The molecule has 0 aliphatic heterocycles. The molecule has 1 atom stereocenters. The van der Waals surface area contributed by atoms with Crippen molar-refractivity contribution in [2.75, 3.05) is 14.1 Å². The van der Waals surface area contributed by atoms with E-state index in [9.17, 15) is 0 Å². The van der Waals surface area contributed by atoms with Gasteiger partial charge >= 0.3 is 0 Å². The van der Waals surface area contributed by atoms with Gasteiger partial charge in [-0.05, 0) is 45.0 Å². The number of benzene rings is 2. The topological polar surface area (TPSA) is 3.24 Å². The molecule has 0 amide bonds. The number of hydrogen-bond acceptors (Lipinski definition) is 1. The highest BCUT2D eigenvalue weighted by atomic mass is 15.1. The van der Waals surface area contributed by atoms with Gasteiger partial charge in [0.1, 0.15) is 0 Å². The molecule has 0 radical (unpaired) electrons. The molecule has 0 fully saturated rings. The maximum absolute atomic E-state index is 2.35. The molecule has 2 aromatic carbocycles. The van der Waals surface area contributed by atoms with Gasteiger partial charge in [0.25, 0.3) is 0 Å². The lowest BCUT2D eigenvalue weighted by Crippen LogP contribution is -2.40. The number of aryl methyl sites for hydroxylation is 1. The van der Waals surface area contributed by atoms with E-state index in [2.05, 4.69) is 99.6 Å². The Balaban J connectivity index is 2.26. The lowest BCUT2D eigenvalue weighted by Gasteiger charge is -2.39. The standard InChI is InChI=1S/C21H27N/c1-5-21(22(3)4,20-15-13-18(2)14-16-20)17-9-12-19-10-7-6-8-11-19/h6-16H,5,17H2,1-4H3. The van der Waals surface area contributed by atoms with Gasteiger partial charge in [0.15, 0.2) is 0 Å². The fourth-order valence-electron chi connectivity index (χ4n) is 3.04. The van der Waals surface area contributed by atoms with E-state index in [1.165, 1.54) is 16.7 Å². The summed E-state index contributed by atoms with van der Waals surface area (Å²) in [6.07, 6.45) is 6.62. The van der Waals surface area contributed by atoms with Crippen LogP contribution in [0.5, 0.6) is 0 Å². The van der Waals surface area contributed by atoms with Gasteiger partial charge in [0, 0.05) is 5.54 Å². The van der Waals surface area contributed by atoms with Crippen molar-refractivity contribution >= 4 is 6.08 Å². The Morgan fingerprint density at radius 3 is 2.14 bits per heavy atom. The molecule has 0 aliphatic carbocycles. The summed E-state index contributed by atoms with van der Waals surface area (Å²) in [6, 6.07) is 19.5. The van der Waals surface area contributed by atoms with Gasteiger partial charge in [-0.15, -0.1) is 0 Å². The van der Waals surface area contributed by atoms with Crippen molar-refractivity contribution in [3.8, 4) is 0 Å². The highest BCUT2D eigenvalue weighted by Gasteiger charge is 2.31. The second kappa shape index (κ2) is 7.42. The van der Waals surface area contributed by atoms with Crippen LogP contribution in [0.2, 0.25) is 0 Å². The second-order valence-corrected chi connectivity index (χ2v) is 6.16. The van der Waals surface area contributed by atoms with Crippen LogP contribution in [0.15, 0.2) is 60.7 Å². The van der Waals surface area contributed by atoms with Gasteiger partial charge in [0.2, 0.25) is 0 Å². The lowest BCUT2D eigenvalue weighted by atomic mass is 9.82. The summed E-state index contributed by atoms with van der Waals surface area (Å²) in [5, 5.41) is 0. The lowest BCUT2D eigenvalue weighted by molar-refractivity contribution is 0.148. The normalized spacial score (nSPS) is 14.4. The van der Waals surface area contributed by atoms with E-state index in [0.29, 0.717) is 0 Å². The zero-order valence-electron chi connectivity index (χ0n) is 14.2. The average Bonchev–Trinajstić information content (AvgIpc) is 2.53. The van der Waals surface area contributed by atoms with Crippen LogP contribution in [0.4, 0.5) is 0 Å². The average molecular weight is 293 g/mol. The molecular formula is C21H27N. The molecule has 0 saturated heterocycles. The minimum Gasteiger partial charge on any atom is -0.299 e. The van der Waals surface area contributed by atoms with E-state index in [1.54, 1.807) is 0 Å². The molecule has 0 saturated carbocycles. The first-order chi connectivity index (χ1) is 10.6. The predicted molar refractivity (Wildman–Crippen MR) is 96.9 cm³/mol. The van der Waals surface area contributed by atoms with Crippen molar-refractivity contribution in [2.45, 2.75) is 32.2 Å². The molecule has 2 rings (SSSR count). The van der Waals surface area contributed by atoms with Crippen molar-refractivity contribution in [1.29, 1.82) is 0 Å². The third kappa shape index (κ3) is 3.66. The summed E-state index contributed by atoms with van der Waals surface area (Å²) < 4.78 is 0. The molecule has 1 unspecified atom stereocenters. The number of hydrogen-bond donors (Lipinski definition) is 0. The van der Waals surface area contributed by atoms with Crippen LogP contribution in [-0.2, 0) is 5.54 Å². The second-order valence-electron chi connectivity index (χ2n) is 6.16. The molecule has 116 valence electrons. The van der Waals surface area contributed by atoms with Crippen LogP contribution >= 0.6 is 0 Å². The Bertz CT molecular complexity index is 596. The monoisotopic (exact) mass is 293 g/mol. The maximum atomic E-state index is 2.35. The van der Waals surface area contributed by atoms with Crippen LogP contribution in [0.3, 0.4) is 0 Å². The van der Waals surface area contributed by atoms with E-state index >= 15 is 0 Å². The molecule has 1 nitrogen and oxygen atoms in total. The van der Waals surface area contributed by atoms with E-state index in [0.717, 1.165) is 12.8 Å². The van der Waals surface area contributed by atoms with E-state index in [-0.39, 0.29) is 5.54 Å². The van der Waals surface area contributed by atoms with Crippen LogP contribution < -0.4 is 0 Å². The molecule has 1 heteroatoms. The van der Waals surface area contributed by atoms with Gasteiger partial charge in [0.05, 0.1) is 0 Å². The highest BCUT2D eigenvalue weighted by molar-refractivity contribution is 5.49. The van der Waals surface area contributed by atoms with E-state index in [4.69, 9.17) is 0 Å². The molecule has 0 spiro atoms. The van der Waals surface area contributed by atoms with E-state index in [1.807, 2.05) is 0 Å². The SMILES string of the molecule is CCC(CC=Cc1ccccc1)(c1ccc(C)cc1)N(C)C. The van der Waals surface area contributed by atoms with Crippen LogP contribution in [-0.4, -0.2) is 19.0 Å². The summed E-state index contributed by atoms with van der Waals surface area (Å²) in [4.78, 5) is 2.35. The van der Waals surface area contributed by atoms with E-state index < -0.39 is 0 Å². The summed E-state index contributed by atoms with van der Waals surface area (Å²) >= 11 is 0. The third-order valence-electron chi connectivity index (χ3n) is 4.60. The number of rotatable bonds is 6. The van der Waals surface area contributed by atoms with Crippen molar-refractivity contribution in [3.63, 3.8) is 0 Å². The summed E-state index contributed by atoms with van der Waals surface area (Å²) in [7, 11) is 4.36. The molecule has 2 aromatic rings. The molecule has 0 aromatic heterocycles. The Morgan fingerprint density at radius 2 is 1.59 bits per heavy atom. The summed E-state index contributed by atoms with van der Waals surface area (Å²) in [5.41, 5.74) is 4.02. The Hall–Kier alpha value is -1.86. The molecule has 22 heavy (non-hydrogen) atoms. The van der Waals surface area contributed by atoms with Gasteiger partial charge in [-0.3, -0.25) is 4.90 Å². The first-order valence-corrected chi connectivity index (χ1v) is 8.04.